The summed E-state index contributed by atoms with van der Waals surface area (Å²) in [7, 11) is 0. The minimum Gasteiger partial charge on any atom is -0.302 e. The number of likely N-dealkylation sites (tertiary alicyclic amines) is 1. The van der Waals surface area contributed by atoms with E-state index in [9.17, 15) is 8.78 Å². The fraction of sp³-hybridized carbons (Fsp3) is 0.538. The maximum atomic E-state index is 13.7. The molecule has 2 aliphatic rings. The number of fused-ring (bicyclic) bond motifs is 1. The molecule has 0 amide bonds. The lowest BCUT2D eigenvalue weighted by Gasteiger charge is -2.19. The summed E-state index contributed by atoms with van der Waals surface area (Å²) in [6, 6.07) is 4.01. The molecular weight excluding hydrogens is 208 g/mol. The standard InChI is InChI=1S/C13H15F2N/c1-2-16-7-9-6-13(9,8-16)11-4-3-10(14)5-12(11)15/h3-5,9H,2,6-8H2,1H3. The maximum Gasteiger partial charge on any atom is 0.129 e. The Balaban J connectivity index is 1.94. The van der Waals surface area contributed by atoms with Gasteiger partial charge in [-0.3, -0.25) is 0 Å². The first-order valence-electron chi connectivity index (χ1n) is 5.83. The second-order valence-electron chi connectivity index (χ2n) is 5.01. The average molecular weight is 223 g/mol. The van der Waals surface area contributed by atoms with Crippen LogP contribution >= 0.6 is 0 Å². The van der Waals surface area contributed by atoms with Crippen molar-refractivity contribution < 1.29 is 8.78 Å². The van der Waals surface area contributed by atoms with Crippen LogP contribution in [0.4, 0.5) is 8.78 Å². The minimum absolute atomic E-state index is 0.00616. The van der Waals surface area contributed by atoms with Crippen LogP contribution in [-0.4, -0.2) is 24.5 Å². The Hall–Kier alpha value is -0.960. The van der Waals surface area contributed by atoms with Gasteiger partial charge in [0.25, 0.3) is 0 Å². The fourth-order valence-corrected chi connectivity index (χ4v) is 3.14. The summed E-state index contributed by atoms with van der Waals surface area (Å²) in [6.07, 6.45) is 1.06. The van der Waals surface area contributed by atoms with Gasteiger partial charge in [-0.05, 0) is 30.5 Å². The zero-order valence-corrected chi connectivity index (χ0v) is 9.34. The molecule has 1 saturated carbocycles. The molecule has 3 rings (SSSR count). The third-order valence-electron chi connectivity index (χ3n) is 4.13. The number of piperidine rings is 1. The largest absolute Gasteiger partial charge is 0.302 e. The van der Waals surface area contributed by atoms with Gasteiger partial charge < -0.3 is 4.90 Å². The molecule has 1 aromatic rings. The van der Waals surface area contributed by atoms with Crippen LogP contribution in [-0.2, 0) is 5.41 Å². The van der Waals surface area contributed by atoms with Crippen molar-refractivity contribution in [2.45, 2.75) is 18.8 Å². The Morgan fingerprint density at radius 1 is 1.44 bits per heavy atom. The monoisotopic (exact) mass is 223 g/mol. The van der Waals surface area contributed by atoms with Crippen molar-refractivity contribution in [3.63, 3.8) is 0 Å². The SMILES string of the molecule is CCN1CC2CC2(c2ccc(F)cc2F)C1. The molecular formula is C13H15F2N. The maximum absolute atomic E-state index is 13.7. The van der Waals surface area contributed by atoms with Crippen LogP contribution in [0, 0.1) is 17.6 Å². The molecule has 2 fully saturated rings. The van der Waals surface area contributed by atoms with Crippen LogP contribution in [0.1, 0.15) is 18.9 Å². The van der Waals surface area contributed by atoms with E-state index in [0.717, 1.165) is 37.7 Å². The van der Waals surface area contributed by atoms with Gasteiger partial charge in [-0.1, -0.05) is 13.0 Å². The molecule has 1 nitrogen and oxygen atoms in total. The first-order valence-corrected chi connectivity index (χ1v) is 5.83. The van der Waals surface area contributed by atoms with Gasteiger partial charge in [0.2, 0.25) is 0 Å². The first-order chi connectivity index (χ1) is 7.65. The molecule has 0 N–H and O–H groups in total. The van der Waals surface area contributed by atoms with Gasteiger partial charge in [0.15, 0.2) is 0 Å². The van der Waals surface area contributed by atoms with E-state index in [1.165, 1.54) is 6.07 Å². The predicted octanol–water partition coefficient (Wildman–Crippen LogP) is 2.56. The van der Waals surface area contributed by atoms with Gasteiger partial charge in [0.05, 0.1) is 0 Å². The van der Waals surface area contributed by atoms with E-state index in [0.29, 0.717) is 5.92 Å². The number of benzene rings is 1. The van der Waals surface area contributed by atoms with Crippen molar-refractivity contribution in [3.05, 3.63) is 35.4 Å². The summed E-state index contributed by atoms with van der Waals surface area (Å²) >= 11 is 0. The molecule has 2 unspecified atom stereocenters. The second-order valence-corrected chi connectivity index (χ2v) is 5.01. The first kappa shape index (κ1) is 10.2. The van der Waals surface area contributed by atoms with E-state index in [-0.39, 0.29) is 11.2 Å². The molecule has 3 heteroatoms. The Labute approximate surface area is 94.1 Å². The van der Waals surface area contributed by atoms with E-state index in [4.69, 9.17) is 0 Å². The highest BCUT2D eigenvalue weighted by Gasteiger charge is 2.61. The van der Waals surface area contributed by atoms with Gasteiger partial charge in [-0.15, -0.1) is 0 Å². The average Bonchev–Trinajstić information content (AvgIpc) is 2.81. The van der Waals surface area contributed by atoms with Crippen molar-refractivity contribution in [1.82, 2.24) is 4.90 Å². The molecule has 1 saturated heterocycles. The summed E-state index contributed by atoms with van der Waals surface area (Å²) in [5, 5.41) is 0. The Bertz CT molecular complexity index is 432. The molecule has 1 heterocycles. The van der Waals surface area contributed by atoms with Crippen molar-refractivity contribution in [1.29, 1.82) is 0 Å². The van der Waals surface area contributed by atoms with Crippen LogP contribution in [0.25, 0.3) is 0 Å². The smallest absolute Gasteiger partial charge is 0.129 e. The summed E-state index contributed by atoms with van der Waals surface area (Å²) < 4.78 is 26.6. The molecule has 0 bridgehead atoms. The van der Waals surface area contributed by atoms with Crippen LogP contribution in [0.3, 0.4) is 0 Å². The van der Waals surface area contributed by atoms with Crippen molar-refractivity contribution in [2.75, 3.05) is 19.6 Å². The number of hydrogen-bond acceptors (Lipinski definition) is 1. The lowest BCUT2D eigenvalue weighted by atomic mass is 9.94. The molecule has 1 aliphatic carbocycles. The number of halogens is 2. The fourth-order valence-electron chi connectivity index (χ4n) is 3.14. The molecule has 16 heavy (non-hydrogen) atoms. The van der Waals surface area contributed by atoms with Crippen LogP contribution in [0.2, 0.25) is 0 Å². The van der Waals surface area contributed by atoms with Gasteiger partial charge in [-0.2, -0.15) is 0 Å². The molecule has 2 atom stereocenters. The molecule has 0 radical (unpaired) electrons. The highest BCUT2D eigenvalue weighted by atomic mass is 19.1. The van der Waals surface area contributed by atoms with Crippen LogP contribution < -0.4 is 0 Å². The Morgan fingerprint density at radius 2 is 2.25 bits per heavy atom. The van der Waals surface area contributed by atoms with E-state index in [1.54, 1.807) is 6.07 Å². The summed E-state index contributed by atoms with van der Waals surface area (Å²) in [5.74, 6) is -0.284. The normalized spacial score (nSPS) is 32.8. The van der Waals surface area contributed by atoms with Crippen LogP contribution in [0.5, 0.6) is 0 Å². The predicted molar refractivity (Wildman–Crippen MR) is 58.3 cm³/mol. The third-order valence-corrected chi connectivity index (χ3v) is 4.13. The molecule has 0 aromatic heterocycles. The van der Waals surface area contributed by atoms with Gasteiger partial charge in [0.1, 0.15) is 11.6 Å². The van der Waals surface area contributed by atoms with Crippen molar-refractivity contribution >= 4 is 0 Å². The topological polar surface area (TPSA) is 3.24 Å². The van der Waals surface area contributed by atoms with E-state index < -0.39 is 5.82 Å². The number of likely N-dealkylation sites (N-methyl/N-ethyl adjacent to an activating group) is 1. The summed E-state index contributed by atoms with van der Waals surface area (Å²) in [5.41, 5.74) is 0.711. The summed E-state index contributed by atoms with van der Waals surface area (Å²) in [6.45, 7) is 5.13. The van der Waals surface area contributed by atoms with Gasteiger partial charge in [-0.25, -0.2) is 8.78 Å². The zero-order chi connectivity index (χ0) is 11.3. The Morgan fingerprint density at radius 3 is 2.88 bits per heavy atom. The number of hydrogen-bond donors (Lipinski definition) is 0. The summed E-state index contributed by atoms with van der Waals surface area (Å²) in [4.78, 5) is 2.34. The zero-order valence-electron chi connectivity index (χ0n) is 9.34. The lowest BCUT2D eigenvalue weighted by molar-refractivity contribution is 0.312. The number of nitrogens with zero attached hydrogens (tertiary/aromatic N) is 1. The third kappa shape index (κ3) is 1.31. The molecule has 86 valence electrons. The minimum atomic E-state index is -0.486. The second kappa shape index (κ2) is 3.27. The molecule has 1 aromatic carbocycles. The van der Waals surface area contributed by atoms with Crippen LogP contribution in [0.15, 0.2) is 18.2 Å². The molecule has 0 spiro atoms. The van der Waals surface area contributed by atoms with E-state index >= 15 is 0 Å². The highest BCUT2D eigenvalue weighted by Crippen LogP contribution is 2.59. The highest BCUT2D eigenvalue weighted by molar-refractivity contribution is 5.38. The van der Waals surface area contributed by atoms with Gasteiger partial charge >= 0.3 is 0 Å². The van der Waals surface area contributed by atoms with E-state index in [2.05, 4.69) is 11.8 Å². The Kier molecular flexibility index (Phi) is 2.08. The quantitative estimate of drug-likeness (QED) is 0.744. The number of rotatable bonds is 2. The van der Waals surface area contributed by atoms with E-state index in [1.807, 2.05) is 0 Å². The lowest BCUT2D eigenvalue weighted by Crippen LogP contribution is -2.26. The molecule has 1 aliphatic heterocycles. The van der Waals surface area contributed by atoms with Gasteiger partial charge in [0, 0.05) is 24.6 Å². The van der Waals surface area contributed by atoms with Crippen molar-refractivity contribution in [3.8, 4) is 0 Å². The van der Waals surface area contributed by atoms with Crippen molar-refractivity contribution in [2.24, 2.45) is 5.92 Å².